The topological polar surface area (TPSA) is 67.2 Å². The van der Waals surface area contributed by atoms with E-state index < -0.39 is 0 Å². The highest BCUT2D eigenvalue weighted by molar-refractivity contribution is 6.31. The standard InChI is InChI=1S/C12H14ClN3O/c1-2-15-12(17)16-11-8-10(13)6-5-9(11)4-3-7-14/h5-6,8H,2,7,14H2,1H3,(H2,15,16,17). The van der Waals surface area contributed by atoms with Gasteiger partial charge >= 0.3 is 6.03 Å². The number of carbonyl (C=O) groups excluding carboxylic acids is 1. The van der Waals surface area contributed by atoms with Crippen molar-refractivity contribution in [1.29, 1.82) is 0 Å². The Labute approximate surface area is 106 Å². The molecule has 0 aliphatic carbocycles. The van der Waals surface area contributed by atoms with Gasteiger partial charge < -0.3 is 16.4 Å². The number of amides is 2. The molecule has 2 amide bonds. The van der Waals surface area contributed by atoms with Crippen molar-refractivity contribution in [2.75, 3.05) is 18.4 Å². The molecule has 0 saturated carbocycles. The second-order valence-electron chi connectivity index (χ2n) is 3.18. The average Bonchev–Trinajstić information content (AvgIpc) is 2.28. The van der Waals surface area contributed by atoms with Crippen molar-refractivity contribution in [3.8, 4) is 11.8 Å². The number of hydrogen-bond acceptors (Lipinski definition) is 2. The fraction of sp³-hybridized carbons (Fsp3) is 0.250. The van der Waals surface area contributed by atoms with Crippen molar-refractivity contribution in [1.82, 2.24) is 5.32 Å². The molecule has 0 saturated heterocycles. The van der Waals surface area contributed by atoms with Crippen LogP contribution in [0.5, 0.6) is 0 Å². The van der Waals surface area contributed by atoms with Gasteiger partial charge in [-0.2, -0.15) is 0 Å². The van der Waals surface area contributed by atoms with Crippen molar-refractivity contribution < 1.29 is 4.79 Å². The maximum Gasteiger partial charge on any atom is 0.319 e. The summed E-state index contributed by atoms with van der Waals surface area (Å²) in [4.78, 5) is 11.4. The second kappa shape index (κ2) is 6.79. The number of urea groups is 1. The molecule has 0 unspecified atom stereocenters. The highest BCUT2D eigenvalue weighted by Gasteiger charge is 2.05. The Bertz CT molecular complexity index is 463. The van der Waals surface area contributed by atoms with Gasteiger partial charge in [-0.05, 0) is 25.1 Å². The summed E-state index contributed by atoms with van der Waals surface area (Å²) in [7, 11) is 0. The smallest absolute Gasteiger partial charge is 0.319 e. The summed E-state index contributed by atoms with van der Waals surface area (Å²) >= 11 is 5.87. The summed E-state index contributed by atoms with van der Waals surface area (Å²) in [5.74, 6) is 5.60. The van der Waals surface area contributed by atoms with Crippen LogP contribution in [0.3, 0.4) is 0 Å². The molecule has 4 nitrogen and oxygen atoms in total. The van der Waals surface area contributed by atoms with E-state index in [9.17, 15) is 4.79 Å². The minimum Gasteiger partial charge on any atom is -0.338 e. The molecule has 90 valence electrons. The van der Waals surface area contributed by atoms with Crippen LogP contribution < -0.4 is 16.4 Å². The molecule has 1 aromatic carbocycles. The van der Waals surface area contributed by atoms with E-state index >= 15 is 0 Å². The molecule has 0 bridgehead atoms. The molecule has 0 spiro atoms. The van der Waals surface area contributed by atoms with Crippen molar-refractivity contribution in [3.05, 3.63) is 28.8 Å². The lowest BCUT2D eigenvalue weighted by Gasteiger charge is -2.08. The number of nitrogens with two attached hydrogens (primary N) is 1. The lowest BCUT2D eigenvalue weighted by molar-refractivity contribution is 0.252. The molecule has 0 aliphatic heterocycles. The lowest BCUT2D eigenvalue weighted by Crippen LogP contribution is -2.28. The van der Waals surface area contributed by atoms with Gasteiger partial charge in [-0.3, -0.25) is 0 Å². The average molecular weight is 252 g/mol. The Balaban J connectivity index is 2.94. The molecular formula is C12H14ClN3O. The molecule has 0 aromatic heterocycles. The quantitative estimate of drug-likeness (QED) is 0.702. The molecule has 1 rings (SSSR count). The van der Waals surface area contributed by atoms with Gasteiger partial charge in [0.05, 0.1) is 12.2 Å². The number of halogens is 1. The summed E-state index contributed by atoms with van der Waals surface area (Å²) in [6, 6.07) is 4.82. The van der Waals surface area contributed by atoms with E-state index in [0.29, 0.717) is 22.8 Å². The third kappa shape index (κ3) is 4.35. The van der Waals surface area contributed by atoms with E-state index in [1.54, 1.807) is 18.2 Å². The molecule has 0 heterocycles. The molecule has 5 heteroatoms. The Morgan fingerprint density at radius 2 is 2.29 bits per heavy atom. The zero-order valence-corrected chi connectivity index (χ0v) is 10.3. The van der Waals surface area contributed by atoms with Crippen LogP contribution in [0.15, 0.2) is 18.2 Å². The molecule has 0 fully saturated rings. The van der Waals surface area contributed by atoms with Crippen LogP contribution in [-0.4, -0.2) is 19.1 Å². The van der Waals surface area contributed by atoms with Crippen LogP contribution in [-0.2, 0) is 0 Å². The van der Waals surface area contributed by atoms with Crippen molar-refractivity contribution in [3.63, 3.8) is 0 Å². The lowest BCUT2D eigenvalue weighted by atomic mass is 10.2. The van der Waals surface area contributed by atoms with Crippen LogP contribution in [0.4, 0.5) is 10.5 Å². The van der Waals surface area contributed by atoms with E-state index in [1.165, 1.54) is 0 Å². The number of carbonyl (C=O) groups is 1. The van der Waals surface area contributed by atoms with E-state index in [-0.39, 0.29) is 12.6 Å². The van der Waals surface area contributed by atoms with Gasteiger partial charge in [-0.25, -0.2) is 4.79 Å². The number of hydrogen-bond donors (Lipinski definition) is 3. The largest absolute Gasteiger partial charge is 0.338 e. The van der Waals surface area contributed by atoms with Crippen molar-refractivity contribution in [2.45, 2.75) is 6.92 Å². The fourth-order valence-corrected chi connectivity index (χ4v) is 1.37. The molecular weight excluding hydrogens is 238 g/mol. The Kier molecular flexibility index (Phi) is 5.34. The number of rotatable bonds is 2. The molecule has 0 radical (unpaired) electrons. The Morgan fingerprint density at radius 3 is 2.94 bits per heavy atom. The van der Waals surface area contributed by atoms with Gasteiger partial charge in [0.25, 0.3) is 0 Å². The van der Waals surface area contributed by atoms with E-state index in [1.807, 2.05) is 6.92 Å². The van der Waals surface area contributed by atoms with Gasteiger partial charge in [0.1, 0.15) is 0 Å². The maximum absolute atomic E-state index is 11.4. The van der Waals surface area contributed by atoms with E-state index in [0.717, 1.165) is 0 Å². The summed E-state index contributed by atoms with van der Waals surface area (Å²) < 4.78 is 0. The summed E-state index contributed by atoms with van der Waals surface area (Å²) in [6.07, 6.45) is 0. The second-order valence-corrected chi connectivity index (χ2v) is 3.62. The maximum atomic E-state index is 11.4. The highest BCUT2D eigenvalue weighted by Crippen LogP contribution is 2.20. The molecule has 0 aliphatic rings. The monoisotopic (exact) mass is 251 g/mol. The summed E-state index contributed by atoms with van der Waals surface area (Å²) in [5, 5.41) is 5.85. The first-order chi connectivity index (χ1) is 8.17. The molecule has 4 N–H and O–H groups in total. The number of benzene rings is 1. The van der Waals surface area contributed by atoms with Crippen LogP contribution >= 0.6 is 11.6 Å². The summed E-state index contributed by atoms with van der Waals surface area (Å²) in [5.41, 5.74) is 6.57. The fourth-order valence-electron chi connectivity index (χ4n) is 1.20. The first kappa shape index (κ1) is 13.4. The van der Waals surface area contributed by atoms with Crippen LogP contribution in [0.1, 0.15) is 12.5 Å². The van der Waals surface area contributed by atoms with E-state index in [4.69, 9.17) is 17.3 Å². The highest BCUT2D eigenvalue weighted by atomic mass is 35.5. The van der Waals surface area contributed by atoms with Crippen molar-refractivity contribution >= 4 is 23.3 Å². The molecule has 0 atom stereocenters. The normalized spacial score (nSPS) is 9.12. The van der Waals surface area contributed by atoms with Crippen LogP contribution in [0.25, 0.3) is 0 Å². The molecule has 1 aromatic rings. The van der Waals surface area contributed by atoms with Gasteiger partial charge in [-0.15, -0.1) is 0 Å². The van der Waals surface area contributed by atoms with Gasteiger partial charge in [0.15, 0.2) is 0 Å². The summed E-state index contributed by atoms with van der Waals surface area (Å²) in [6.45, 7) is 2.66. The van der Waals surface area contributed by atoms with Gasteiger partial charge in [-0.1, -0.05) is 23.4 Å². The zero-order chi connectivity index (χ0) is 12.7. The first-order valence-electron chi connectivity index (χ1n) is 5.20. The Morgan fingerprint density at radius 1 is 1.53 bits per heavy atom. The predicted molar refractivity (Wildman–Crippen MR) is 70.1 cm³/mol. The minimum atomic E-state index is -0.287. The predicted octanol–water partition coefficient (Wildman–Crippen LogP) is 1.79. The van der Waals surface area contributed by atoms with Gasteiger partial charge in [0, 0.05) is 17.1 Å². The third-order valence-corrected chi connectivity index (χ3v) is 2.13. The SMILES string of the molecule is CCNC(=O)Nc1cc(Cl)ccc1C#CCN. The molecule has 17 heavy (non-hydrogen) atoms. The first-order valence-corrected chi connectivity index (χ1v) is 5.58. The van der Waals surface area contributed by atoms with Crippen LogP contribution in [0.2, 0.25) is 5.02 Å². The number of nitrogens with one attached hydrogen (secondary N) is 2. The minimum absolute atomic E-state index is 0.267. The number of anilines is 1. The van der Waals surface area contributed by atoms with Crippen LogP contribution in [0, 0.1) is 11.8 Å². The van der Waals surface area contributed by atoms with Crippen molar-refractivity contribution in [2.24, 2.45) is 5.73 Å². The van der Waals surface area contributed by atoms with E-state index in [2.05, 4.69) is 22.5 Å². The van der Waals surface area contributed by atoms with Gasteiger partial charge in [0.2, 0.25) is 0 Å². The zero-order valence-electron chi connectivity index (χ0n) is 9.51. The Hall–Kier alpha value is -1.70. The third-order valence-electron chi connectivity index (χ3n) is 1.89.